The Morgan fingerprint density at radius 1 is 1.58 bits per heavy atom. The molecule has 0 saturated heterocycles. The minimum atomic E-state index is 0.781. The smallest absolute Gasteiger partial charge is 0.120 e. The van der Waals surface area contributed by atoms with Crippen LogP contribution in [0.5, 0.6) is 0 Å². The first-order valence-electron chi connectivity index (χ1n) is 6.61. The molecule has 1 aromatic rings. The minimum Gasteiger partial charge on any atom is -0.397 e. The topological polar surface area (TPSA) is 38.9 Å². The van der Waals surface area contributed by atoms with Crippen molar-refractivity contribution in [2.24, 2.45) is 5.73 Å². The summed E-state index contributed by atoms with van der Waals surface area (Å²) in [4.78, 5) is 5.59. The monoisotopic (exact) mass is 272 g/mol. The van der Waals surface area contributed by atoms with Crippen LogP contribution in [0.3, 0.4) is 0 Å². The van der Waals surface area contributed by atoms with Crippen LogP contribution in [-0.2, 0) is 0 Å². The Balaban J connectivity index is 2.39. The van der Waals surface area contributed by atoms with E-state index in [0.29, 0.717) is 0 Å². The molecule has 1 aromatic heterocycles. The summed E-state index contributed by atoms with van der Waals surface area (Å²) >= 11 is 1.68. The van der Waals surface area contributed by atoms with Crippen LogP contribution < -0.4 is 5.73 Å². The lowest BCUT2D eigenvalue weighted by atomic mass is 9.96. The summed E-state index contributed by atoms with van der Waals surface area (Å²) in [6.45, 7) is 7.92. The normalized spacial score (nSPS) is 16.5. The molecule has 2 nitrogen and oxygen atoms in total. The summed E-state index contributed by atoms with van der Waals surface area (Å²) in [7, 11) is 0. The maximum Gasteiger partial charge on any atom is 0.120 e. The van der Waals surface area contributed by atoms with Gasteiger partial charge in [0.2, 0.25) is 0 Å². The molecular weight excluding hydrogens is 252 g/mol. The predicted molar refractivity (Wildman–Crippen MR) is 84.7 cm³/mol. The molecule has 0 aliphatic heterocycles. The molecule has 3 heteroatoms. The van der Waals surface area contributed by atoms with E-state index in [9.17, 15) is 0 Å². The molecule has 0 fully saturated rings. The summed E-state index contributed by atoms with van der Waals surface area (Å²) in [5.41, 5.74) is 10.7. The van der Waals surface area contributed by atoms with Gasteiger partial charge in [-0.3, -0.25) is 0 Å². The van der Waals surface area contributed by atoms with Crippen molar-refractivity contribution in [3.8, 4) is 0 Å². The maximum absolute atomic E-state index is 6.11. The van der Waals surface area contributed by atoms with Gasteiger partial charge < -0.3 is 5.73 Å². The molecule has 0 saturated carbocycles. The predicted octanol–water partition coefficient (Wildman–Crippen LogP) is 4.53. The van der Waals surface area contributed by atoms with Gasteiger partial charge in [-0.25, -0.2) is 4.98 Å². The second-order valence-corrected chi connectivity index (χ2v) is 5.66. The van der Waals surface area contributed by atoms with Crippen molar-refractivity contribution in [1.29, 1.82) is 0 Å². The molecule has 0 unspecified atom stereocenters. The zero-order valence-corrected chi connectivity index (χ0v) is 12.4. The highest BCUT2D eigenvalue weighted by Crippen LogP contribution is 2.34. The SMILES string of the molecule is C=C/C(C)=C(\N)c1cnc(C2=C(CC)C=CCC2)s1. The molecule has 1 aliphatic carbocycles. The zero-order valence-electron chi connectivity index (χ0n) is 11.6. The molecule has 0 radical (unpaired) electrons. The number of rotatable bonds is 4. The van der Waals surface area contributed by atoms with Crippen LogP contribution in [0.4, 0.5) is 0 Å². The van der Waals surface area contributed by atoms with Gasteiger partial charge in [0.1, 0.15) is 5.01 Å². The standard InChI is InChI=1S/C16H20N2S/c1-4-11(3)15(17)14-10-18-16(19-14)13-9-7-6-8-12(13)5-2/h4,6,8,10H,1,5,7,9,17H2,2-3H3/b15-11-. The van der Waals surface area contributed by atoms with Gasteiger partial charge in [0.05, 0.1) is 10.6 Å². The highest BCUT2D eigenvalue weighted by atomic mass is 32.1. The number of thiazole rings is 1. The van der Waals surface area contributed by atoms with Crippen LogP contribution in [0.15, 0.2) is 42.2 Å². The van der Waals surface area contributed by atoms with Crippen LogP contribution in [-0.4, -0.2) is 4.98 Å². The van der Waals surface area contributed by atoms with Gasteiger partial charge in [0.15, 0.2) is 0 Å². The molecule has 0 spiro atoms. The van der Waals surface area contributed by atoms with Crippen LogP contribution in [0.1, 0.15) is 43.0 Å². The molecule has 0 aromatic carbocycles. The van der Waals surface area contributed by atoms with E-state index >= 15 is 0 Å². The van der Waals surface area contributed by atoms with Crippen molar-refractivity contribution in [2.45, 2.75) is 33.1 Å². The average molecular weight is 272 g/mol. The van der Waals surface area contributed by atoms with E-state index in [1.54, 1.807) is 17.4 Å². The van der Waals surface area contributed by atoms with Crippen molar-refractivity contribution in [3.63, 3.8) is 0 Å². The molecule has 2 N–H and O–H groups in total. The molecule has 0 amide bonds. The van der Waals surface area contributed by atoms with Gasteiger partial charge in [-0.1, -0.05) is 31.7 Å². The first kappa shape index (κ1) is 13.8. The minimum absolute atomic E-state index is 0.781. The van der Waals surface area contributed by atoms with Crippen LogP contribution in [0, 0.1) is 0 Å². The van der Waals surface area contributed by atoms with E-state index in [1.807, 2.05) is 13.1 Å². The Kier molecular flexibility index (Phi) is 4.38. The highest BCUT2D eigenvalue weighted by molar-refractivity contribution is 7.13. The summed E-state index contributed by atoms with van der Waals surface area (Å²) in [5, 5.41) is 1.11. The molecule has 0 atom stereocenters. The lowest BCUT2D eigenvalue weighted by Crippen LogP contribution is -1.96. The summed E-state index contributed by atoms with van der Waals surface area (Å²) in [6.07, 6.45) is 11.4. The van der Waals surface area contributed by atoms with Crippen molar-refractivity contribution in [2.75, 3.05) is 0 Å². The van der Waals surface area contributed by atoms with Gasteiger partial charge >= 0.3 is 0 Å². The first-order chi connectivity index (χ1) is 9.17. The molecule has 2 rings (SSSR count). The van der Waals surface area contributed by atoms with E-state index in [0.717, 1.165) is 40.4 Å². The molecular formula is C16H20N2S. The highest BCUT2D eigenvalue weighted by Gasteiger charge is 2.14. The van der Waals surface area contributed by atoms with Gasteiger partial charge in [-0.05, 0) is 42.9 Å². The number of hydrogen-bond acceptors (Lipinski definition) is 3. The molecule has 1 heterocycles. The Labute approximate surface area is 119 Å². The fourth-order valence-corrected chi connectivity index (χ4v) is 3.18. The van der Waals surface area contributed by atoms with E-state index in [2.05, 4.69) is 30.6 Å². The van der Waals surface area contributed by atoms with Crippen molar-refractivity contribution >= 4 is 22.6 Å². The Bertz CT molecular complexity index is 573. The molecule has 100 valence electrons. The largest absolute Gasteiger partial charge is 0.397 e. The fourth-order valence-electron chi connectivity index (χ4n) is 2.13. The molecule has 0 bridgehead atoms. The van der Waals surface area contributed by atoms with Gasteiger partial charge in [0, 0.05) is 6.20 Å². The number of allylic oxidation sites excluding steroid dienone is 6. The summed E-state index contributed by atoms with van der Waals surface area (Å²) < 4.78 is 0. The van der Waals surface area contributed by atoms with Gasteiger partial charge in [0.25, 0.3) is 0 Å². The summed E-state index contributed by atoms with van der Waals surface area (Å²) in [5.74, 6) is 0. The third kappa shape index (κ3) is 2.87. The lowest BCUT2D eigenvalue weighted by Gasteiger charge is -2.12. The number of nitrogens with two attached hydrogens (primary N) is 1. The Hall–Kier alpha value is -1.61. The second kappa shape index (κ2) is 6.02. The van der Waals surface area contributed by atoms with Crippen LogP contribution in [0.25, 0.3) is 11.3 Å². The molecule has 19 heavy (non-hydrogen) atoms. The summed E-state index contributed by atoms with van der Waals surface area (Å²) in [6, 6.07) is 0. The van der Waals surface area contributed by atoms with E-state index in [1.165, 1.54) is 11.1 Å². The first-order valence-corrected chi connectivity index (χ1v) is 7.43. The number of nitrogens with zero attached hydrogens (tertiary/aromatic N) is 1. The van der Waals surface area contributed by atoms with Crippen LogP contribution >= 0.6 is 11.3 Å². The quantitative estimate of drug-likeness (QED) is 0.818. The Morgan fingerprint density at radius 3 is 3.05 bits per heavy atom. The lowest BCUT2D eigenvalue weighted by molar-refractivity contribution is 0.999. The van der Waals surface area contributed by atoms with E-state index < -0.39 is 0 Å². The van der Waals surface area contributed by atoms with Crippen molar-refractivity contribution in [1.82, 2.24) is 4.98 Å². The maximum atomic E-state index is 6.11. The molecule has 1 aliphatic rings. The Morgan fingerprint density at radius 2 is 2.37 bits per heavy atom. The number of hydrogen-bond donors (Lipinski definition) is 1. The van der Waals surface area contributed by atoms with Crippen molar-refractivity contribution in [3.05, 3.63) is 52.0 Å². The number of aromatic nitrogens is 1. The fraction of sp³-hybridized carbons (Fsp3) is 0.312. The van der Waals surface area contributed by atoms with E-state index in [4.69, 9.17) is 5.73 Å². The van der Waals surface area contributed by atoms with Crippen LogP contribution in [0.2, 0.25) is 0 Å². The third-order valence-electron chi connectivity index (χ3n) is 3.41. The van der Waals surface area contributed by atoms with Gasteiger partial charge in [-0.2, -0.15) is 0 Å². The average Bonchev–Trinajstić information content (AvgIpc) is 2.95. The van der Waals surface area contributed by atoms with E-state index in [-0.39, 0.29) is 0 Å². The zero-order chi connectivity index (χ0) is 13.8. The van der Waals surface area contributed by atoms with Crippen molar-refractivity contribution < 1.29 is 0 Å². The van der Waals surface area contributed by atoms with Gasteiger partial charge in [-0.15, -0.1) is 11.3 Å². The second-order valence-electron chi connectivity index (χ2n) is 4.63. The third-order valence-corrected chi connectivity index (χ3v) is 4.50.